The molecule has 1 N–H and O–H groups in total. The maximum Gasteiger partial charge on any atom is 0.341 e. The van der Waals surface area contributed by atoms with Crippen LogP contribution in [0.15, 0.2) is 28.3 Å². The molecule has 27 heavy (non-hydrogen) atoms. The molecule has 0 aromatic carbocycles. The molecule has 144 valence electrons. The van der Waals surface area contributed by atoms with Crippen LogP contribution in [0.3, 0.4) is 0 Å². The molecule has 0 spiro atoms. The Morgan fingerprint density at radius 1 is 1.33 bits per heavy atom. The van der Waals surface area contributed by atoms with E-state index in [9.17, 15) is 18.0 Å². The Morgan fingerprint density at radius 3 is 2.78 bits per heavy atom. The summed E-state index contributed by atoms with van der Waals surface area (Å²) in [5.41, 5.74) is 1.48. The largest absolute Gasteiger partial charge is 0.462 e. The number of amidine groups is 1. The molecule has 0 saturated heterocycles. The average Bonchev–Trinajstić information content (AvgIpc) is 2.87. The van der Waals surface area contributed by atoms with Gasteiger partial charge >= 0.3 is 5.97 Å². The van der Waals surface area contributed by atoms with Crippen LogP contribution in [0, 0.1) is 13.8 Å². The molecule has 1 aromatic heterocycles. The quantitative estimate of drug-likeness (QED) is 0.763. The standard InChI is InChI=1S/C17H19N3O5S2/c1-4-25-17(22)14-10(2)11(3)26-16(14)18-15(21)12-5-6-13-19-27(23,24)8-7-20(13)9-12/h5-6,9H,4,7-8H2,1-3H3,(H,18,21). The molecule has 0 atom stereocenters. The highest BCUT2D eigenvalue weighted by Crippen LogP contribution is 2.33. The number of ether oxygens (including phenoxy) is 1. The summed E-state index contributed by atoms with van der Waals surface area (Å²) >= 11 is 1.31. The third kappa shape index (κ3) is 3.96. The van der Waals surface area contributed by atoms with Crippen LogP contribution in [0.4, 0.5) is 5.00 Å². The smallest absolute Gasteiger partial charge is 0.341 e. The summed E-state index contributed by atoms with van der Waals surface area (Å²) in [5, 5.41) is 3.20. The van der Waals surface area contributed by atoms with Crippen LogP contribution in [0.1, 0.15) is 27.7 Å². The van der Waals surface area contributed by atoms with Crippen LogP contribution in [-0.2, 0) is 19.6 Å². The lowest BCUT2D eigenvalue weighted by atomic mass is 10.1. The second kappa shape index (κ2) is 7.28. The lowest BCUT2D eigenvalue weighted by Gasteiger charge is -2.26. The normalized spacial score (nSPS) is 17.7. The van der Waals surface area contributed by atoms with Gasteiger partial charge in [-0.05, 0) is 38.5 Å². The Hall–Kier alpha value is -2.46. The molecular formula is C17H19N3O5S2. The van der Waals surface area contributed by atoms with Crippen molar-refractivity contribution >= 4 is 44.1 Å². The predicted octanol–water partition coefficient (Wildman–Crippen LogP) is 1.98. The third-order valence-electron chi connectivity index (χ3n) is 4.18. The van der Waals surface area contributed by atoms with Crippen molar-refractivity contribution in [2.24, 2.45) is 4.40 Å². The third-order valence-corrected chi connectivity index (χ3v) is 6.46. The van der Waals surface area contributed by atoms with Gasteiger partial charge in [0.25, 0.3) is 15.9 Å². The van der Waals surface area contributed by atoms with E-state index in [4.69, 9.17) is 4.74 Å². The van der Waals surface area contributed by atoms with Crippen molar-refractivity contribution < 1.29 is 22.7 Å². The molecule has 0 unspecified atom stereocenters. The Balaban J connectivity index is 1.83. The number of fused-ring (bicyclic) bond motifs is 1. The number of nitrogens with one attached hydrogen (secondary N) is 1. The lowest BCUT2D eigenvalue weighted by Crippen LogP contribution is -2.37. The summed E-state index contributed by atoms with van der Waals surface area (Å²) in [4.78, 5) is 27.4. The van der Waals surface area contributed by atoms with Gasteiger partial charge in [-0.15, -0.1) is 15.7 Å². The summed E-state index contributed by atoms with van der Waals surface area (Å²) in [7, 11) is -3.45. The van der Waals surface area contributed by atoms with Crippen molar-refractivity contribution in [2.75, 3.05) is 24.2 Å². The number of carbonyl (C=O) groups is 2. The van der Waals surface area contributed by atoms with Crippen molar-refractivity contribution in [3.05, 3.63) is 39.9 Å². The van der Waals surface area contributed by atoms with Gasteiger partial charge in [-0.2, -0.15) is 0 Å². The van der Waals surface area contributed by atoms with Crippen molar-refractivity contribution in [1.82, 2.24) is 4.90 Å². The van der Waals surface area contributed by atoms with Crippen molar-refractivity contribution in [2.45, 2.75) is 20.8 Å². The van der Waals surface area contributed by atoms with Crippen molar-refractivity contribution in [1.29, 1.82) is 0 Å². The molecule has 3 rings (SSSR count). The monoisotopic (exact) mass is 409 g/mol. The number of rotatable bonds is 4. The molecule has 8 nitrogen and oxygen atoms in total. The van der Waals surface area contributed by atoms with Crippen LogP contribution in [-0.4, -0.2) is 49.9 Å². The number of aryl methyl sites for hydroxylation is 1. The number of nitrogens with zero attached hydrogens (tertiary/aromatic N) is 2. The first kappa shape index (κ1) is 19.3. The molecule has 0 bridgehead atoms. The van der Waals surface area contributed by atoms with Gasteiger partial charge < -0.3 is 15.0 Å². The Bertz CT molecular complexity index is 1000. The first-order chi connectivity index (χ1) is 12.7. The number of anilines is 1. The Labute approximate surface area is 161 Å². The van der Waals surface area contributed by atoms with Gasteiger partial charge in [0.2, 0.25) is 0 Å². The summed E-state index contributed by atoms with van der Waals surface area (Å²) in [6.45, 7) is 5.88. The lowest BCUT2D eigenvalue weighted by molar-refractivity contribution is -0.112. The second-order valence-corrected chi connectivity index (χ2v) is 8.99. The SMILES string of the molecule is CCOC(=O)c1c(NC(=O)C2=CN3CCS(=O)(=O)N=C3C=C2)sc(C)c1C. The number of esters is 1. The number of thiophene rings is 1. The number of carbonyl (C=O) groups excluding carboxylic acids is 2. The van der Waals surface area contributed by atoms with Crippen LogP contribution in [0.2, 0.25) is 0 Å². The number of sulfonamides is 1. The van der Waals surface area contributed by atoms with Gasteiger partial charge in [-0.1, -0.05) is 0 Å². The second-order valence-electron chi connectivity index (χ2n) is 6.01. The van der Waals surface area contributed by atoms with Crippen LogP contribution < -0.4 is 5.32 Å². The zero-order valence-electron chi connectivity index (χ0n) is 15.1. The zero-order valence-corrected chi connectivity index (χ0v) is 16.7. The van der Waals surface area contributed by atoms with E-state index in [0.29, 0.717) is 16.1 Å². The van der Waals surface area contributed by atoms with E-state index in [1.165, 1.54) is 23.5 Å². The topological polar surface area (TPSA) is 105 Å². The molecule has 0 saturated carbocycles. The average molecular weight is 409 g/mol. The molecule has 1 amide bonds. The minimum Gasteiger partial charge on any atom is -0.462 e. The molecule has 0 aliphatic carbocycles. The molecule has 2 aliphatic rings. The fourth-order valence-electron chi connectivity index (χ4n) is 2.67. The van der Waals surface area contributed by atoms with E-state index >= 15 is 0 Å². The van der Waals surface area contributed by atoms with Crippen LogP contribution in [0.5, 0.6) is 0 Å². The fraction of sp³-hybridized carbons (Fsp3) is 0.353. The summed E-state index contributed by atoms with van der Waals surface area (Å²) in [5.74, 6) is -0.691. The molecular weight excluding hydrogens is 390 g/mol. The molecule has 10 heteroatoms. The summed E-state index contributed by atoms with van der Waals surface area (Å²) in [6.07, 6.45) is 4.55. The van der Waals surface area contributed by atoms with Crippen LogP contribution >= 0.6 is 11.3 Å². The molecule has 0 fully saturated rings. The Kier molecular flexibility index (Phi) is 5.20. The van der Waals surface area contributed by atoms with Gasteiger partial charge in [0, 0.05) is 17.6 Å². The van der Waals surface area contributed by atoms with E-state index in [-0.39, 0.29) is 24.7 Å². The van der Waals surface area contributed by atoms with Gasteiger partial charge in [0.05, 0.1) is 23.5 Å². The highest BCUT2D eigenvalue weighted by atomic mass is 32.2. The van der Waals surface area contributed by atoms with E-state index in [2.05, 4.69) is 9.71 Å². The number of amides is 1. The highest BCUT2D eigenvalue weighted by Gasteiger charge is 2.26. The van der Waals surface area contributed by atoms with E-state index in [1.54, 1.807) is 18.0 Å². The highest BCUT2D eigenvalue weighted by molar-refractivity contribution is 7.90. The molecule has 2 aliphatic heterocycles. The maximum absolute atomic E-state index is 12.7. The van der Waals surface area contributed by atoms with Crippen molar-refractivity contribution in [3.8, 4) is 0 Å². The van der Waals surface area contributed by atoms with Gasteiger partial charge in [0.1, 0.15) is 10.8 Å². The molecule has 0 radical (unpaired) electrons. The minimum absolute atomic E-state index is 0.105. The first-order valence-electron chi connectivity index (χ1n) is 8.29. The van der Waals surface area contributed by atoms with E-state index < -0.39 is 21.9 Å². The fourth-order valence-corrected chi connectivity index (χ4v) is 4.69. The maximum atomic E-state index is 12.7. The number of hydrogen-bond donors (Lipinski definition) is 1. The van der Waals surface area contributed by atoms with Gasteiger partial charge in [-0.25, -0.2) is 13.2 Å². The van der Waals surface area contributed by atoms with Crippen molar-refractivity contribution in [3.63, 3.8) is 0 Å². The summed E-state index contributed by atoms with van der Waals surface area (Å²) in [6, 6.07) is 0. The van der Waals surface area contributed by atoms with Gasteiger partial charge in [0.15, 0.2) is 0 Å². The zero-order chi connectivity index (χ0) is 19.8. The van der Waals surface area contributed by atoms with Crippen LogP contribution in [0.25, 0.3) is 0 Å². The molecule has 1 aromatic rings. The van der Waals surface area contributed by atoms with Gasteiger partial charge in [-0.3, -0.25) is 4.79 Å². The number of hydrogen-bond acceptors (Lipinski definition) is 7. The Morgan fingerprint density at radius 2 is 2.07 bits per heavy atom. The minimum atomic E-state index is -3.45. The van der Waals surface area contributed by atoms with E-state index in [0.717, 1.165) is 10.4 Å². The predicted molar refractivity (Wildman–Crippen MR) is 104 cm³/mol. The first-order valence-corrected chi connectivity index (χ1v) is 10.7. The molecule has 3 heterocycles. The summed E-state index contributed by atoms with van der Waals surface area (Å²) < 4.78 is 31.9. The van der Waals surface area contributed by atoms with E-state index in [1.807, 2.05) is 13.8 Å².